The predicted octanol–water partition coefficient (Wildman–Crippen LogP) is 3.35. The van der Waals surface area contributed by atoms with E-state index in [1.807, 2.05) is 37.3 Å². The highest BCUT2D eigenvalue weighted by Crippen LogP contribution is 2.27. The van der Waals surface area contributed by atoms with Crippen LogP contribution >= 0.6 is 0 Å². The van der Waals surface area contributed by atoms with Crippen LogP contribution in [0.25, 0.3) is 0 Å². The second-order valence-electron chi connectivity index (χ2n) is 5.28. The van der Waals surface area contributed by atoms with Crippen molar-refractivity contribution in [1.82, 2.24) is 5.32 Å². The molecule has 0 aliphatic carbocycles. The van der Waals surface area contributed by atoms with Crippen molar-refractivity contribution in [1.29, 1.82) is 0 Å². The third-order valence-electron chi connectivity index (χ3n) is 3.64. The molecule has 2 rings (SSSR count). The molecule has 0 aliphatic heterocycles. The summed E-state index contributed by atoms with van der Waals surface area (Å²) in [6.07, 6.45) is 0.808. The molecular formula is C19H23NO4. The van der Waals surface area contributed by atoms with Gasteiger partial charge in [0.05, 0.1) is 20.3 Å². The van der Waals surface area contributed by atoms with Crippen LogP contribution in [0.15, 0.2) is 48.5 Å². The van der Waals surface area contributed by atoms with Crippen LogP contribution in [-0.4, -0.2) is 26.7 Å². The van der Waals surface area contributed by atoms with Crippen molar-refractivity contribution in [3.05, 3.63) is 54.1 Å². The summed E-state index contributed by atoms with van der Waals surface area (Å²) in [7, 11) is 3.13. The third kappa shape index (κ3) is 4.91. The SMILES string of the molecule is CCC(NC(=O)COc1cc(OC)cc(OC)c1)c1ccccc1. The highest BCUT2D eigenvalue weighted by molar-refractivity contribution is 5.78. The molecule has 0 aromatic heterocycles. The number of nitrogens with one attached hydrogen (secondary N) is 1. The standard InChI is InChI=1S/C19H23NO4/c1-4-18(14-8-6-5-7-9-14)20-19(21)13-24-17-11-15(22-2)10-16(12-17)23-3/h5-12,18H,4,13H2,1-3H3,(H,20,21). The van der Waals surface area contributed by atoms with Crippen molar-refractivity contribution in [2.45, 2.75) is 19.4 Å². The lowest BCUT2D eigenvalue weighted by Gasteiger charge is -2.18. The summed E-state index contributed by atoms with van der Waals surface area (Å²) >= 11 is 0. The van der Waals surface area contributed by atoms with Crippen molar-refractivity contribution < 1.29 is 19.0 Å². The highest BCUT2D eigenvalue weighted by Gasteiger charge is 2.13. The molecule has 1 amide bonds. The molecular weight excluding hydrogens is 306 g/mol. The highest BCUT2D eigenvalue weighted by atomic mass is 16.5. The van der Waals surface area contributed by atoms with Gasteiger partial charge in [-0.3, -0.25) is 4.79 Å². The van der Waals surface area contributed by atoms with Crippen LogP contribution in [0.5, 0.6) is 17.2 Å². The summed E-state index contributed by atoms with van der Waals surface area (Å²) in [4.78, 5) is 12.2. The van der Waals surface area contributed by atoms with E-state index in [9.17, 15) is 4.79 Å². The fraction of sp³-hybridized carbons (Fsp3) is 0.316. The molecule has 2 aromatic carbocycles. The van der Waals surface area contributed by atoms with E-state index in [0.717, 1.165) is 12.0 Å². The quantitative estimate of drug-likeness (QED) is 0.807. The molecule has 0 heterocycles. The molecule has 1 N–H and O–H groups in total. The van der Waals surface area contributed by atoms with Gasteiger partial charge in [-0.15, -0.1) is 0 Å². The summed E-state index contributed by atoms with van der Waals surface area (Å²) in [6, 6.07) is 15.0. The molecule has 0 aliphatic rings. The first kappa shape index (κ1) is 17.7. The van der Waals surface area contributed by atoms with Gasteiger partial charge in [0.1, 0.15) is 17.2 Å². The molecule has 0 radical (unpaired) electrons. The molecule has 1 unspecified atom stereocenters. The van der Waals surface area contributed by atoms with E-state index in [1.165, 1.54) is 0 Å². The molecule has 0 fully saturated rings. The van der Waals surface area contributed by atoms with E-state index in [4.69, 9.17) is 14.2 Å². The minimum Gasteiger partial charge on any atom is -0.496 e. The molecule has 5 nitrogen and oxygen atoms in total. The number of ether oxygens (including phenoxy) is 3. The average Bonchev–Trinajstić information content (AvgIpc) is 2.64. The average molecular weight is 329 g/mol. The Balaban J connectivity index is 1.95. The van der Waals surface area contributed by atoms with Crippen LogP contribution in [0.3, 0.4) is 0 Å². The van der Waals surface area contributed by atoms with Crippen molar-refractivity contribution in [3.63, 3.8) is 0 Å². The second-order valence-corrected chi connectivity index (χ2v) is 5.28. The molecule has 0 bridgehead atoms. The van der Waals surface area contributed by atoms with Gasteiger partial charge in [0.25, 0.3) is 5.91 Å². The minimum absolute atomic E-state index is 0.0258. The Morgan fingerprint density at radius 1 is 1.00 bits per heavy atom. The van der Waals surface area contributed by atoms with Crippen LogP contribution < -0.4 is 19.5 Å². The van der Waals surface area contributed by atoms with Crippen molar-refractivity contribution in [2.75, 3.05) is 20.8 Å². The molecule has 0 spiro atoms. The number of rotatable bonds is 8. The third-order valence-corrected chi connectivity index (χ3v) is 3.64. The topological polar surface area (TPSA) is 56.8 Å². The largest absolute Gasteiger partial charge is 0.496 e. The predicted molar refractivity (Wildman–Crippen MR) is 92.7 cm³/mol. The van der Waals surface area contributed by atoms with Crippen LogP contribution in [0.2, 0.25) is 0 Å². The second kappa shape index (κ2) is 8.82. The van der Waals surface area contributed by atoms with Crippen LogP contribution in [0.1, 0.15) is 24.9 Å². The van der Waals surface area contributed by atoms with Gasteiger partial charge in [0.2, 0.25) is 0 Å². The first-order valence-electron chi connectivity index (χ1n) is 7.86. The zero-order valence-electron chi connectivity index (χ0n) is 14.2. The summed E-state index contributed by atoms with van der Waals surface area (Å²) in [5.41, 5.74) is 1.08. The Kier molecular flexibility index (Phi) is 6.49. The lowest BCUT2D eigenvalue weighted by Crippen LogP contribution is -2.32. The van der Waals surface area contributed by atoms with E-state index < -0.39 is 0 Å². The van der Waals surface area contributed by atoms with Gasteiger partial charge < -0.3 is 19.5 Å². The van der Waals surface area contributed by atoms with Gasteiger partial charge in [0.15, 0.2) is 6.61 Å². The van der Waals surface area contributed by atoms with Crippen molar-refractivity contribution in [2.24, 2.45) is 0 Å². The zero-order valence-corrected chi connectivity index (χ0v) is 14.2. The smallest absolute Gasteiger partial charge is 0.258 e. The molecule has 0 saturated heterocycles. The molecule has 1 atom stereocenters. The summed E-state index contributed by atoms with van der Waals surface area (Å²) in [5, 5.41) is 2.98. The lowest BCUT2D eigenvalue weighted by atomic mass is 10.0. The Bertz CT molecular complexity index is 635. The Morgan fingerprint density at radius 2 is 1.58 bits per heavy atom. The fourth-order valence-corrected chi connectivity index (χ4v) is 2.36. The number of hydrogen-bond donors (Lipinski definition) is 1. The molecule has 2 aromatic rings. The number of methoxy groups -OCH3 is 2. The number of carbonyl (C=O) groups is 1. The Hall–Kier alpha value is -2.69. The zero-order chi connectivity index (χ0) is 17.4. The number of amides is 1. The number of benzene rings is 2. The first-order chi connectivity index (χ1) is 11.7. The summed E-state index contributed by atoms with van der Waals surface area (Å²) in [6.45, 7) is 1.96. The van der Waals surface area contributed by atoms with Crippen molar-refractivity contribution >= 4 is 5.91 Å². The summed E-state index contributed by atoms with van der Waals surface area (Å²) in [5.74, 6) is 1.57. The number of hydrogen-bond acceptors (Lipinski definition) is 4. The number of carbonyl (C=O) groups excluding carboxylic acids is 1. The maximum absolute atomic E-state index is 12.2. The molecule has 24 heavy (non-hydrogen) atoms. The normalized spacial score (nSPS) is 11.5. The van der Waals surface area contributed by atoms with Gasteiger partial charge >= 0.3 is 0 Å². The van der Waals surface area contributed by atoms with E-state index in [2.05, 4.69) is 5.32 Å². The molecule has 5 heteroatoms. The van der Waals surface area contributed by atoms with Crippen molar-refractivity contribution in [3.8, 4) is 17.2 Å². The van der Waals surface area contributed by atoms with Gasteiger partial charge in [-0.25, -0.2) is 0 Å². The Labute approximate surface area is 142 Å². The maximum atomic E-state index is 12.2. The van der Waals surface area contributed by atoms with Crippen LogP contribution in [-0.2, 0) is 4.79 Å². The molecule has 0 saturated carbocycles. The molecule has 128 valence electrons. The monoisotopic (exact) mass is 329 g/mol. The van der Waals surface area contributed by atoms with E-state index in [-0.39, 0.29) is 18.6 Å². The van der Waals surface area contributed by atoms with Gasteiger partial charge in [-0.2, -0.15) is 0 Å². The van der Waals surface area contributed by atoms with Crippen LogP contribution in [0.4, 0.5) is 0 Å². The summed E-state index contributed by atoms with van der Waals surface area (Å²) < 4.78 is 15.9. The van der Waals surface area contributed by atoms with Gasteiger partial charge in [-0.1, -0.05) is 37.3 Å². The fourth-order valence-electron chi connectivity index (χ4n) is 2.36. The first-order valence-corrected chi connectivity index (χ1v) is 7.86. The van der Waals surface area contributed by atoms with Gasteiger partial charge in [-0.05, 0) is 12.0 Å². The van der Waals surface area contributed by atoms with Gasteiger partial charge in [0, 0.05) is 18.2 Å². The lowest BCUT2D eigenvalue weighted by molar-refractivity contribution is -0.123. The van der Waals surface area contributed by atoms with E-state index >= 15 is 0 Å². The minimum atomic E-state index is -0.174. The van der Waals surface area contributed by atoms with E-state index in [0.29, 0.717) is 17.2 Å². The van der Waals surface area contributed by atoms with Crippen LogP contribution in [0, 0.1) is 0 Å². The van der Waals surface area contributed by atoms with E-state index in [1.54, 1.807) is 32.4 Å². The maximum Gasteiger partial charge on any atom is 0.258 e. The Morgan fingerprint density at radius 3 is 2.12 bits per heavy atom.